The van der Waals surface area contributed by atoms with E-state index in [4.69, 9.17) is 28.4 Å². The van der Waals surface area contributed by atoms with Gasteiger partial charge in [-0.25, -0.2) is 0 Å². The molecule has 0 saturated carbocycles. The molecular weight excluding hydrogens is 622 g/mol. The first-order valence-corrected chi connectivity index (χ1v) is 18.1. The van der Waals surface area contributed by atoms with Crippen molar-refractivity contribution in [3.05, 3.63) is 22.3 Å². The average Bonchev–Trinajstić information content (AvgIpc) is 3.03. The van der Waals surface area contributed by atoms with Crippen molar-refractivity contribution in [1.29, 1.82) is 0 Å². The maximum atomic E-state index is 12.9. The molecule has 0 unspecified atom stereocenters. The van der Waals surface area contributed by atoms with Crippen LogP contribution in [0, 0.1) is 5.41 Å². The van der Waals surface area contributed by atoms with Crippen LogP contribution < -0.4 is 5.32 Å². The van der Waals surface area contributed by atoms with E-state index in [-0.39, 0.29) is 23.9 Å². The molecule has 0 bridgehead atoms. The number of nitrogens with one attached hydrogen (secondary N) is 1. The van der Waals surface area contributed by atoms with Gasteiger partial charge in [0.2, 0.25) is 5.91 Å². The third-order valence-electron chi connectivity index (χ3n) is 8.09. The number of hydrogen-bond acceptors (Lipinski definition) is 10. The predicted octanol–water partition coefficient (Wildman–Crippen LogP) is 5.47. The fraction of sp³-hybridized carbons (Fsp3) is 0.806. The van der Waals surface area contributed by atoms with Crippen LogP contribution in [0.2, 0.25) is 0 Å². The summed E-state index contributed by atoms with van der Waals surface area (Å²) in [6.45, 7) is 15.2. The molecule has 1 N–H and O–H groups in total. The van der Waals surface area contributed by atoms with E-state index >= 15 is 0 Å². The molecule has 10 nitrogen and oxygen atoms in total. The van der Waals surface area contributed by atoms with E-state index in [2.05, 4.69) is 17.9 Å². The molecule has 0 heterocycles. The third-order valence-corrected chi connectivity index (χ3v) is 8.41. The summed E-state index contributed by atoms with van der Waals surface area (Å²) in [5.41, 5.74) is 1.01. The normalized spacial score (nSPS) is 14.1. The summed E-state index contributed by atoms with van der Waals surface area (Å²) in [4.78, 5) is 37.9. The Hall–Kier alpha value is -1.60. The van der Waals surface area contributed by atoms with Crippen LogP contribution in [-0.2, 0) is 42.8 Å². The van der Waals surface area contributed by atoms with Crippen molar-refractivity contribution in [3.63, 3.8) is 0 Å². The van der Waals surface area contributed by atoms with Crippen LogP contribution in [0.1, 0.15) is 92.4 Å². The Morgan fingerprint density at radius 1 is 0.553 bits per heavy atom. The molecule has 0 atom stereocenters. The van der Waals surface area contributed by atoms with Crippen LogP contribution in [0.25, 0.3) is 0 Å². The van der Waals surface area contributed by atoms with Crippen LogP contribution in [-0.4, -0.2) is 109 Å². The van der Waals surface area contributed by atoms with Gasteiger partial charge in [0.05, 0.1) is 72.7 Å². The Labute approximate surface area is 289 Å². The summed E-state index contributed by atoms with van der Waals surface area (Å²) in [6, 6.07) is 0. The Morgan fingerprint density at radius 3 is 1.40 bits per heavy atom. The van der Waals surface area contributed by atoms with E-state index in [1.807, 2.05) is 13.8 Å². The number of ketones is 2. The van der Waals surface area contributed by atoms with Crippen molar-refractivity contribution in [2.24, 2.45) is 5.41 Å². The number of hydrogen-bond donors (Lipinski definition) is 2. The maximum Gasteiger partial charge on any atom is 0.220 e. The smallest absolute Gasteiger partial charge is 0.220 e. The zero-order chi connectivity index (χ0) is 34.8. The number of rotatable bonds is 31. The van der Waals surface area contributed by atoms with Gasteiger partial charge >= 0.3 is 0 Å². The molecule has 1 aliphatic carbocycles. The minimum absolute atomic E-state index is 0.0979. The zero-order valence-corrected chi connectivity index (χ0v) is 30.8. The second-order valence-corrected chi connectivity index (χ2v) is 13.0. The van der Waals surface area contributed by atoms with E-state index in [9.17, 15) is 14.4 Å². The van der Waals surface area contributed by atoms with Gasteiger partial charge in [-0.1, -0.05) is 52.4 Å². The van der Waals surface area contributed by atoms with Crippen LogP contribution >= 0.6 is 12.6 Å². The molecule has 1 amide bonds. The third kappa shape index (κ3) is 19.9. The van der Waals surface area contributed by atoms with Crippen LogP contribution in [0.15, 0.2) is 22.3 Å². The summed E-state index contributed by atoms with van der Waals surface area (Å²) in [6.07, 6.45) is 10.3. The second-order valence-electron chi connectivity index (χ2n) is 12.5. The summed E-state index contributed by atoms with van der Waals surface area (Å²) < 4.78 is 33.2. The van der Waals surface area contributed by atoms with Gasteiger partial charge in [-0.3, -0.25) is 14.4 Å². The van der Waals surface area contributed by atoms with Gasteiger partial charge in [0, 0.05) is 47.3 Å². The lowest BCUT2D eigenvalue weighted by Gasteiger charge is -2.31. The molecule has 0 aromatic heterocycles. The van der Waals surface area contributed by atoms with E-state index in [0.29, 0.717) is 102 Å². The number of allylic oxidation sites excluding steroid dienone is 4. The molecule has 0 aromatic rings. The lowest BCUT2D eigenvalue weighted by Crippen LogP contribution is -2.36. The van der Waals surface area contributed by atoms with Crippen molar-refractivity contribution in [2.45, 2.75) is 92.4 Å². The van der Waals surface area contributed by atoms with Crippen molar-refractivity contribution in [2.75, 3.05) is 91.6 Å². The summed E-state index contributed by atoms with van der Waals surface area (Å²) in [7, 11) is 0. The minimum Gasteiger partial charge on any atom is -0.379 e. The highest BCUT2D eigenvalue weighted by Gasteiger charge is 2.38. The minimum atomic E-state index is -0.763. The van der Waals surface area contributed by atoms with Crippen LogP contribution in [0.3, 0.4) is 0 Å². The van der Waals surface area contributed by atoms with Gasteiger partial charge in [-0.2, -0.15) is 12.6 Å². The summed E-state index contributed by atoms with van der Waals surface area (Å²) >= 11 is 4.24. The molecule has 1 aliphatic rings. The SMILES string of the molecule is CC1=C(C)C(=O)C(C(C)(C)CC(=O)NCCOCCOCCOCCOCCOCCOCCCCCCCCCCS)=C(C)C1=O. The fourth-order valence-electron chi connectivity index (χ4n) is 5.30. The molecule has 1 rings (SSSR count). The zero-order valence-electron chi connectivity index (χ0n) is 29.9. The van der Waals surface area contributed by atoms with Crippen LogP contribution in [0.4, 0.5) is 0 Å². The highest BCUT2D eigenvalue weighted by atomic mass is 32.1. The van der Waals surface area contributed by atoms with Crippen LogP contribution in [0.5, 0.6) is 0 Å². The van der Waals surface area contributed by atoms with Crippen molar-refractivity contribution in [1.82, 2.24) is 5.32 Å². The quantitative estimate of drug-likeness (QED) is 0.0556. The number of ether oxygens (including phenoxy) is 6. The first-order valence-electron chi connectivity index (χ1n) is 17.5. The highest BCUT2D eigenvalue weighted by molar-refractivity contribution is 7.80. The number of amides is 1. The Kier molecular flexibility index (Phi) is 25.2. The van der Waals surface area contributed by atoms with Gasteiger partial charge in [0.25, 0.3) is 0 Å². The molecule has 272 valence electrons. The molecular formula is C36H63NO9S. The molecule has 0 aromatic carbocycles. The molecule has 11 heteroatoms. The standard InChI is InChI=1S/C36H63NO9S/c1-29-30(2)35(40)33(31(3)34(29)39)36(4,5)28-32(38)37-14-16-42-18-20-44-22-24-46-26-25-45-23-21-43-19-17-41-15-12-10-8-6-7-9-11-13-27-47/h47H,6-28H2,1-5H3,(H,37,38). The molecule has 0 radical (unpaired) electrons. The number of unbranched alkanes of at least 4 members (excludes halogenated alkanes) is 7. The van der Waals surface area contributed by atoms with Gasteiger partial charge < -0.3 is 33.7 Å². The van der Waals surface area contributed by atoms with E-state index in [0.717, 1.165) is 18.8 Å². The number of carbonyl (C=O) groups excluding carboxylic acids is 3. The second kappa shape index (κ2) is 27.2. The average molecular weight is 686 g/mol. The molecule has 0 aliphatic heterocycles. The van der Waals surface area contributed by atoms with E-state index in [1.54, 1.807) is 20.8 Å². The topological polar surface area (TPSA) is 119 Å². The Balaban J connectivity index is 1.86. The van der Waals surface area contributed by atoms with Gasteiger partial charge in [0.1, 0.15) is 0 Å². The van der Waals surface area contributed by atoms with Gasteiger partial charge in [-0.15, -0.1) is 0 Å². The summed E-state index contributed by atoms with van der Waals surface area (Å²) in [5, 5.41) is 2.83. The van der Waals surface area contributed by atoms with E-state index in [1.165, 1.54) is 44.9 Å². The Morgan fingerprint density at radius 2 is 0.936 bits per heavy atom. The lowest BCUT2D eigenvalue weighted by molar-refractivity contribution is -0.123. The highest BCUT2D eigenvalue weighted by Crippen LogP contribution is 2.38. The summed E-state index contributed by atoms with van der Waals surface area (Å²) in [5.74, 6) is 0.519. The van der Waals surface area contributed by atoms with E-state index < -0.39 is 5.41 Å². The molecule has 0 saturated heterocycles. The molecule has 47 heavy (non-hydrogen) atoms. The van der Waals surface area contributed by atoms with Crippen molar-refractivity contribution >= 4 is 30.1 Å². The largest absolute Gasteiger partial charge is 0.379 e. The first kappa shape index (κ1) is 43.4. The van der Waals surface area contributed by atoms with Crippen molar-refractivity contribution < 1.29 is 42.8 Å². The lowest BCUT2D eigenvalue weighted by atomic mass is 9.71. The number of thiol groups is 1. The predicted molar refractivity (Wildman–Crippen MR) is 188 cm³/mol. The number of carbonyl (C=O) groups is 3. The fourth-order valence-corrected chi connectivity index (χ4v) is 5.52. The molecule has 0 fully saturated rings. The Bertz CT molecular complexity index is 964. The molecule has 0 spiro atoms. The first-order chi connectivity index (χ1) is 22.6. The van der Waals surface area contributed by atoms with Gasteiger partial charge in [0.15, 0.2) is 11.6 Å². The van der Waals surface area contributed by atoms with Crippen molar-refractivity contribution in [3.8, 4) is 0 Å². The number of Topliss-reactive ketones (excluding diaryl/α,β-unsaturated/α-hetero) is 2. The monoisotopic (exact) mass is 685 g/mol. The maximum absolute atomic E-state index is 12.9. The van der Waals surface area contributed by atoms with Gasteiger partial charge in [-0.05, 0) is 39.4 Å².